The molecule has 0 saturated heterocycles. The van der Waals surface area contributed by atoms with Crippen LogP contribution in [0.5, 0.6) is 0 Å². The predicted octanol–water partition coefficient (Wildman–Crippen LogP) is 4.89. The number of amides is 2. The van der Waals surface area contributed by atoms with Crippen molar-refractivity contribution in [3.8, 4) is 0 Å². The van der Waals surface area contributed by atoms with Gasteiger partial charge in [-0.1, -0.05) is 48.0 Å². The second kappa shape index (κ2) is 9.18. The Morgan fingerprint density at radius 1 is 1.10 bits per heavy atom. The Labute approximate surface area is 185 Å². The van der Waals surface area contributed by atoms with Gasteiger partial charge in [0.05, 0.1) is 12.2 Å². The molecule has 0 unspecified atom stereocenters. The molecule has 3 aromatic rings. The highest BCUT2D eigenvalue weighted by molar-refractivity contribution is 6.31. The standard InChI is InChI=1S/C24H23ClN4O2/c1-16-21(23(25)29(28-16)15-17-6-3-2-4-7-17)12-13-22(30)26-19-8-5-9-20(14-19)27-24(31)18-10-11-18/h2-9,12-14,18H,10-11,15H2,1H3,(H,26,30)(H,27,31)/b13-12+. The van der Waals surface area contributed by atoms with Crippen LogP contribution in [-0.4, -0.2) is 21.6 Å². The van der Waals surface area contributed by atoms with E-state index in [1.54, 1.807) is 35.0 Å². The van der Waals surface area contributed by atoms with E-state index in [0.29, 0.717) is 28.6 Å². The summed E-state index contributed by atoms with van der Waals surface area (Å²) in [5, 5.41) is 10.7. The highest BCUT2D eigenvalue weighted by Gasteiger charge is 2.29. The summed E-state index contributed by atoms with van der Waals surface area (Å²) >= 11 is 6.50. The minimum Gasteiger partial charge on any atom is -0.326 e. The second-order valence-corrected chi connectivity index (χ2v) is 7.96. The first-order valence-electron chi connectivity index (χ1n) is 10.2. The molecular weight excluding hydrogens is 412 g/mol. The van der Waals surface area contributed by atoms with Gasteiger partial charge in [0.1, 0.15) is 5.15 Å². The van der Waals surface area contributed by atoms with Crippen molar-refractivity contribution in [1.82, 2.24) is 9.78 Å². The van der Waals surface area contributed by atoms with Crippen molar-refractivity contribution in [2.45, 2.75) is 26.3 Å². The van der Waals surface area contributed by atoms with Crippen molar-refractivity contribution < 1.29 is 9.59 Å². The smallest absolute Gasteiger partial charge is 0.248 e. The van der Waals surface area contributed by atoms with E-state index in [9.17, 15) is 9.59 Å². The molecule has 1 saturated carbocycles. The summed E-state index contributed by atoms with van der Waals surface area (Å²) < 4.78 is 1.72. The molecule has 1 heterocycles. The summed E-state index contributed by atoms with van der Waals surface area (Å²) in [7, 11) is 0. The fraction of sp³-hybridized carbons (Fsp3) is 0.208. The predicted molar refractivity (Wildman–Crippen MR) is 123 cm³/mol. The second-order valence-electron chi connectivity index (χ2n) is 7.60. The molecule has 31 heavy (non-hydrogen) atoms. The normalized spacial score (nSPS) is 13.4. The Hall–Kier alpha value is -3.38. The zero-order valence-electron chi connectivity index (χ0n) is 17.1. The molecule has 2 N–H and O–H groups in total. The highest BCUT2D eigenvalue weighted by atomic mass is 35.5. The van der Waals surface area contributed by atoms with E-state index in [4.69, 9.17) is 11.6 Å². The molecule has 1 aliphatic carbocycles. The number of aromatic nitrogens is 2. The van der Waals surface area contributed by atoms with Gasteiger partial charge in [-0.25, -0.2) is 4.68 Å². The van der Waals surface area contributed by atoms with Gasteiger partial charge in [-0.2, -0.15) is 5.10 Å². The summed E-state index contributed by atoms with van der Waals surface area (Å²) in [6.45, 7) is 2.41. The van der Waals surface area contributed by atoms with Gasteiger partial charge in [0.25, 0.3) is 0 Å². The van der Waals surface area contributed by atoms with Crippen molar-refractivity contribution >= 4 is 40.9 Å². The van der Waals surface area contributed by atoms with Crippen molar-refractivity contribution in [1.29, 1.82) is 0 Å². The van der Waals surface area contributed by atoms with Gasteiger partial charge in [-0.05, 0) is 49.6 Å². The molecule has 0 spiro atoms. The molecule has 1 aliphatic rings. The maximum atomic E-state index is 12.4. The zero-order chi connectivity index (χ0) is 21.8. The van der Waals surface area contributed by atoms with E-state index in [0.717, 1.165) is 24.1 Å². The van der Waals surface area contributed by atoms with Crippen LogP contribution in [0.15, 0.2) is 60.7 Å². The molecule has 4 rings (SSSR count). The quantitative estimate of drug-likeness (QED) is 0.519. The fourth-order valence-corrected chi connectivity index (χ4v) is 3.52. The van der Waals surface area contributed by atoms with Gasteiger partial charge in [0, 0.05) is 28.9 Å². The minimum absolute atomic E-state index is 0.0287. The number of carbonyl (C=O) groups excluding carboxylic acids is 2. The molecule has 1 fully saturated rings. The topological polar surface area (TPSA) is 76.0 Å². The minimum atomic E-state index is -0.294. The number of nitrogens with one attached hydrogen (secondary N) is 2. The van der Waals surface area contributed by atoms with Crippen molar-refractivity contribution in [2.24, 2.45) is 5.92 Å². The van der Waals surface area contributed by atoms with Crippen LogP contribution in [0.4, 0.5) is 11.4 Å². The van der Waals surface area contributed by atoms with Gasteiger partial charge in [-0.3, -0.25) is 9.59 Å². The number of halogens is 1. The third-order valence-electron chi connectivity index (χ3n) is 5.03. The molecule has 2 aromatic carbocycles. The summed E-state index contributed by atoms with van der Waals surface area (Å²) in [4.78, 5) is 24.3. The molecule has 0 aliphatic heterocycles. The van der Waals surface area contributed by atoms with E-state index < -0.39 is 0 Å². The van der Waals surface area contributed by atoms with E-state index in [2.05, 4.69) is 15.7 Å². The lowest BCUT2D eigenvalue weighted by Crippen LogP contribution is -2.14. The number of aryl methyl sites for hydroxylation is 1. The van der Waals surface area contributed by atoms with E-state index >= 15 is 0 Å². The van der Waals surface area contributed by atoms with Crippen molar-refractivity contribution in [3.05, 3.63) is 82.6 Å². The number of nitrogens with zero attached hydrogens (tertiary/aromatic N) is 2. The molecule has 7 heteroatoms. The van der Waals surface area contributed by atoms with Gasteiger partial charge >= 0.3 is 0 Å². The van der Waals surface area contributed by atoms with Gasteiger partial charge < -0.3 is 10.6 Å². The molecular formula is C24H23ClN4O2. The first-order valence-corrected chi connectivity index (χ1v) is 10.5. The molecule has 0 bridgehead atoms. The number of anilines is 2. The summed E-state index contributed by atoms with van der Waals surface area (Å²) in [6.07, 6.45) is 4.98. The fourth-order valence-electron chi connectivity index (χ4n) is 3.23. The van der Waals surface area contributed by atoms with Crippen LogP contribution >= 0.6 is 11.6 Å². The first-order chi connectivity index (χ1) is 15.0. The number of carbonyl (C=O) groups is 2. The maximum Gasteiger partial charge on any atom is 0.248 e. The van der Waals surface area contributed by atoms with E-state index in [-0.39, 0.29) is 17.7 Å². The Morgan fingerprint density at radius 2 is 1.81 bits per heavy atom. The molecule has 2 amide bonds. The van der Waals surface area contributed by atoms with Crippen LogP contribution in [0.3, 0.4) is 0 Å². The molecule has 0 radical (unpaired) electrons. The highest BCUT2D eigenvalue weighted by Crippen LogP contribution is 2.30. The van der Waals surface area contributed by atoms with Gasteiger partial charge in [0.2, 0.25) is 11.8 Å². The molecule has 0 atom stereocenters. The van der Waals surface area contributed by atoms with Crippen LogP contribution in [0.2, 0.25) is 5.15 Å². The molecule has 1 aromatic heterocycles. The number of hydrogen-bond donors (Lipinski definition) is 2. The lowest BCUT2D eigenvalue weighted by Gasteiger charge is -2.07. The van der Waals surface area contributed by atoms with Crippen LogP contribution in [-0.2, 0) is 16.1 Å². The molecule has 6 nitrogen and oxygen atoms in total. The lowest BCUT2D eigenvalue weighted by molar-refractivity contribution is -0.117. The summed E-state index contributed by atoms with van der Waals surface area (Å²) in [5.74, 6) is -0.144. The monoisotopic (exact) mass is 434 g/mol. The number of benzene rings is 2. The third kappa shape index (κ3) is 5.41. The van der Waals surface area contributed by atoms with Gasteiger partial charge in [0.15, 0.2) is 0 Å². The molecule has 158 valence electrons. The van der Waals surface area contributed by atoms with Crippen LogP contribution in [0.25, 0.3) is 6.08 Å². The Balaban J connectivity index is 1.40. The largest absolute Gasteiger partial charge is 0.326 e. The first kappa shape index (κ1) is 20.9. The van der Waals surface area contributed by atoms with Crippen molar-refractivity contribution in [3.63, 3.8) is 0 Å². The SMILES string of the molecule is Cc1nn(Cc2ccccc2)c(Cl)c1/C=C/C(=O)Nc1cccc(NC(=O)C2CC2)c1. The summed E-state index contributed by atoms with van der Waals surface area (Å²) in [6, 6.07) is 17.0. The number of hydrogen-bond acceptors (Lipinski definition) is 3. The average Bonchev–Trinajstić information content (AvgIpc) is 3.56. The third-order valence-corrected chi connectivity index (χ3v) is 5.43. The van der Waals surface area contributed by atoms with Gasteiger partial charge in [-0.15, -0.1) is 0 Å². The van der Waals surface area contributed by atoms with Crippen molar-refractivity contribution in [2.75, 3.05) is 10.6 Å². The number of rotatable bonds is 7. The lowest BCUT2D eigenvalue weighted by atomic mass is 10.2. The Kier molecular flexibility index (Phi) is 6.18. The van der Waals surface area contributed by atoms with Crippen LogP contribution in [0, 0.1) is 12.8 Å². The van der Waals surface area contributed by atoms with E-state index in [1.807, 2.05) is 37.3 Å². The van der Waals surface area contributed by atoms with Crippen LogP contribution in [0.1, 0.15) is 29.7 Å². The average molecular weight is 435 g/mol. The van der Waals surface area contributed by atoms with Crippen LogP contribution < -0.4 is 10.6 Å². The maximum absolute atomic E-state index is 12.4. The Bertz CT molecular complexity index is 1130. The summed E-state index contributed by atoms with van der Waals surface area (Å²) in [5.41, 5.74) is 3.81. The van der Waals surface area contributed by atoms with E-state index in [1.165, 1.54) is 6.08 Å². The Morgan fingerprint density at radius 3 is 2.52 bits per heavy atom. The zero-order valence-corrected chi connectivity index (χ0v) is 17.9.